The van der Waals surface area contributed by atoms with Crippen LogP contribution in [0, 0.1) is 0 Å². The van der Waals surface area contributed by atoms with Crippen LogP contribution in [0.3, 0.4) is 0 Å². The second-order valence-electron chi connectivity index (χ2n) is 4.35. The van der Waals surface area contributed by atoms with Crippen LogP contribution in [0.25, 0.3) is 0 Å². The third kappa shape index (κ3) is 2.94. The van der Waals surface area contributed by atoms with Gasteiger partial charge in [0.25, 0.3) is 0 Å². The predicted octanol–water partition coefficient (Wildman–Crippen LogP) is 3.35. The topological polar surface area (TPSA) is 15.3 Å². The van der Waals surface area contributed by atoms with E-state index < -0.39 is 0 Å². The van der Waals surface area contributed by atoms with Gasteiger partial charge >= 0.3 is 0 Å². The fourth-order valence-electron chi connectivity index (χ4n) is 2.45. The molecular formula is C13H18Cl2N2. The van der Waals surface area contributed by atoms with Crippen molar-refractivity contribution in [1.82, 2.24) is 10.2 Å². The lowest BCUT2D eigenvalue weighted by molar-refractivity contribution is 0.169. The van der Waals surface area contributed by atoms with Crippen LogP contribution in [-0.4, -0.2) is 31.1 Å². The van der Waals surface area contributed by atoms with E-state index >= 15 is 0 Å². The molecule has 0 spiro atoms. The van der Waals surface area contributed by atoms with Gasteiger partial charge in [0.1, 0.15) is 0 Å². The van der Waals surface area contributed by atoms with Crippen molar-refractivity contribution in [2.45, 2.75) is 19.4 Å². The van der Waals surface area contributed by atoms with E-state index in [2.05, 4.69) is 23.2 Å². The fourth-order valence-corrected chi connectivity index (χ4v) is 2.88. The van der Waals surface area contributed by atoms with Gasteiger partial charge in [-0.15, -0.1) is 0 Å². The summed E-state index contributed by atoms with van der Waals surface area (Å²) in [6.45, 7) is 6.44. The van der Waals surface area contributed by atoms with E-state index in [1.807, 2.05) is 12.1 Å². The number of benzene rings is 1. The Morgan fingerprint density at radius 3 is 2.65 bits per heavy atom. The number of rotatable bonds is 3. The van der Waals surface area contributed by atoms with Crippen LogP contribution in [-0.2, 0) is 0 Å². The van der Waals surface area contributed by atoms with E-state index in [0.29, 0.717) is 16.1 Å². The number of hydrogen-bond donors (Lipinski definition) is 1. The Kier molecular flexibility index (Phi) is 4.69. The van der Waals surface area contributed by atoms with E-state index in [4.69, 9.17) is 23.2 Å². The van der Waals surface area contributed by atoms with Crippen molar-refractivity contribution in [2.24, 2.45) is 0 Å². The van der Waals surface area contributed by atoms with E-state index in [0.717, 1.165) is 38.2 Å². The van der Waals surface area contributed by atoms with Crippen molar-refractivity contribution in [1.29, 1.82) is 0 Å². The molecule has 17 heavy (non-hydrogen) atoms. The third-order valence-electron chi connectivity index (χ3n) is 3.32. The van der Waals surface area contributed by atoms with Gasteiger partial charge in [0, 0.05) is 32.2 Å². The maximum absolute atomic E-state index is 6.31. The zero-order valence-corrected chi connectivity index (χ0v) is 11.6. The summed E-state index contributed by atoms with van der Waals surface area (Å²) in [7, 11) is 0. The molecule has 0 radical (unpaired) electrons. The van der Waals surface area contributed by atoms with Crippen LogP contribution >= 0.6 is 23.2 Å². The molecule has 4 heteroatoms. The van der Waals surface area contributed by atoms with E-state index in [9.17, 15) is 0 Å². The zero-order chi connectivity index (χ0) is 12.3. The Labute approximate surface area is 113 Å². The van der Waals surface area contributed by atoms with Crippen molar-refractivity contribution in [3.8, 4) is 0 Å². The predicted molar refractivity (Wildman–Crippen MR) is 73.9 cm³/mol. The highest BCUT2D eigenvalue weighted by Crippen LogP contribution is 2.34. The first-order valence-electron chi connectivity index (χ1n) is 6.12. The Bertz CT molecular complexity index is 376. The van der Waals surface area contributed by atoms with Gasteiger partial charge in [0.2, 0.25) is 0 Å². The van der Waals surface area contributed by atoms with Gasteiger partial charge in [-0.25, -0.2) is 0 Å². The molecule has 1 aromatic carbocycles. The van der Waals surface area contributed by atoms with Crippen molar-refractivity contribution < 1.29 is 0 Å². The summed E-state index contributed by atoms with van der Waals surface area (Å²) >= 11 is 12.4. The lowest BCUT2D eigenvalue weighted by Crippen LogP contribution is -2.45. The minimum Gasteiger partial charge on any atom is -0.314 e. The SMILES string of the molecule is CCC(c1cccc(Cl)c1Cl)N1CCNCC1. The van der Waals surface area contributed by atoms with Crippen molar-refractivity contribution >= 4 is 23.2 Å². The molecule has 0 bridgehead atoms. The molecule has 0 saturated carbocycles. The van der Waals surface area contributed by atoms with Crippen LogP contribution in [0.4, 0.5) is 0 Å². The van der Waals surface area contributed by atoms with Crippen LogP contribution in [0.1, 0.15) is 24.9 Å². The zero-order valence-electron chi connectivity index (χ0n) is 10.0. The molecule has 2 nitrogen and oxygen atoms in total. The number of piperazine rings is 1. The van der Waals surface area contributed by atoms with E-state index in [1.54, 1.807) is 0 Å². The summed E-state index contributed by atoms with van der Waals surface area (Å²) in [6.07, 6.45) is 1.06. The van der Waals surface area contributed by atoms with Crippen molar-refractivity contribution in [3.05, 3.63) is 33.8 Å². The molecular weight excluding hydrogens is 255 g/mol. The normalized spacial score (nSPS) is 19.2. The molecule has 1 N–H and O–H groups in total. The standard InChI is InChI=1S/C13H18Cl2N2/c1-2-12(17-8-6-16-7-9-17)10-4-3-5-11(14)13(10)15/h3-5,12,16H,2,6-9H2,1H3. The lowest BCUT2D eigenvalue weighted by Gasteiger charge is -2.35. The fraction of sp³-hybridized carbons (Fsp3) is 0.538. The highest BCUT2D eigenvalue weighted by Gasteiger charge is 2.22. The maximum Gasteiger partial charge on any atom is 0.0640 e. The van der Waals surface area contributed by atoms with Gasteiger partial charge < -0.3 is 5.32 Å². The van der Waals surface area contributed by atoms with Crippen molar-refractivity contribution in [3.63, 3.8) is 0 Å². The summed E-state index contributed by atoms with van der Waals surface area (Å²) in [5.41, 5.74) is 1.16. The second-order valence-corrected chi connectivity index (χ2v) is 5.14. The first-order chi connectivity index (χ1) is 8.24. The molecule has 1 fully saturated rings. The van der Waals surface area contributed by atoms with Crippen LogP contribution in [0.15, 0.2) is 18.2 Å². The number of nitrogens with zero attached hydrogens (tertiary/aromatic N) is 1. The molecule has 1 heterocycles. The van der Waals surface area contributed by atoms with Crippen LogP contribution in [0.2, 0.25) is 10.0 Å². The Balaban J connectivity index is 2.24. The number of halogens is 2. The summed E-state index contributed by atoms with van der Waals surface area (Å²) in [4.78, 5) is 2.48. The smallest absolute Gasteiger partial charge is 0.0640 e. The summed E-state index contributed by atoms with van der Waals surface area (Å²) < 4.78 is 0. The van der Waals surface area contributed by atoms with Gasteiger partial charge in [0.15, 0.2) is 0 Å². The van der Waals surface area contributed by atoms with Crippen LogP contribution < -0.4 is 5.32 Å². The molecule has 1 saturated heterocycles. The molecule has 0 aliphatic carbocycles. The largest absolute Gasteiger partial charge is 0.314 e. The first-order valence-corrected chi connectivity index (χ1v) is 6.88. The third-order valence-corrected chi connectivity index (χ3v) is 4.15. The highest BCUT2D eigenvalue weighted by atomic mass is 35.5. The quantitative estimate of drug-likeness (QED) is 0.908. The molecule has 94 valence electrons. The Morgan fingerprint density at radius 1 is 1.29 bits per heavy atom. The Morgan fingerprint density at radius 2 is 2.00 bits per heavy atom. The van der Waals surface area contributed by atoms with Gasteiger partial charge in [-0.2, -0.15) is 0 Å². The van der Waals surface area contributed by atoms with E-state index in [-0.39, 0.29) is 0 Å². The van der Waals surface area contributed by atoms with Crippen LogP contribution in [0.5, 0.6) is 0 Å². The van der Waals surface area contributed by atoms with Gasteiger partial charge in [-0.3, -0.25) is 4.90 Å². The molecule has 1 atom stereocenters. The van der Waals surface area contributed by atoms with Gasteiger partial charge in [-0.1, -0.05) is 42.3 Å². The maximum atomic E-state index is 6.31. The molecule has 2 rings (SSSR count). The summed E-state index contributed by atoms with van der Waals surface area (Å²) in [5.74, 6) is 0. The van der Waals surface area contributed by atoms with Gasteiger partial charge in [-0.05, 0) is 18.1 Å². The first kappa shape index (κ1) is 13.2. The minimum absolute atomic E-state index is 0.378. The summed E-state index contributed by atoms with van der Waals surface area (Å²) in [5, 5.41) is 4.73. The monoisotopic (exact) mass is 272 g/mol. The summed E-state index contributed by atoms with van der Waals surface area (Å²) in [6, 6.07) is 6.29. The van der Waals surface area contributed by atoms with E-state index in [1.165, 1.54) is 0 Å². The average molecular weight is 273 g/mol. The number of nitrogens with one attached hydrogen (secondary N) is 1. The lowest BCUT2D eigenvalue weighted by atomic mass is 10.0. The number of hydrogen-bond acceptors (Lipinski definition) is 2. The molecule has 1 aliphatic heterocycles. The molecule has 1 unspecified atom stereocenters. The molecule has 0 amide bonds. The highest BCUT2D eigenvalue weighted by molar-refractivity contribution is 6.42. The molecule has 0 aromatic heterocycles. The minimum atomic E-state index is 0.378. The Hall–Kier alpha value is -0.280. The van der Waals surface area contributed by atoms with Crippen molar-refractivity contribution in [2.75, 3.05) is 26.2 Å². The van der Waals surface area contributed by atoms with Gasteiger partial charge in [0.05, 0.1) is 10.0 Å². The second kappa shape index (κ2) is 6.05. The average Bonchev–Trinajstić information content (AvgIpc) is 2.37. The molecule has 1 aromatic rings. The molecule has 1 aliphatic rings.